The van der Waals surface area contributed by atoms with Gasteiger partial charge in [0.2, 0.25) is 0 Å². The van der Waals surface area contributed by atoms with E-state index in [-0.39, 0.29) is 4.79 Å². The van der Waals surface area contributed by atoms with Crippen LogP contribution in [0.5, 0.6) is 0 Å². The summed E-state index contributed by atoms with van der Waals surface area (Å²) in [7, 11) is -2.86. The van der Waals surface area contributed by atoms with E-state index in [2.05, 4.69) is 70.1 Å². The number of rotatable bonds is 5. The van der Waals surface area contributed by atoms with Gasteiger partial charge in [0.25, 0.3) is 0 Å². The second-order valence-electron chi connectivity index (χ2n) is 7.59. The fourth-order valence-electron chi connectivity index (χ4n) is 2.75. The normalized spacial score (nSPS) is 13.4. The second-order valence-corrected chi connectivity index (χ2v) is 18.9. The minimum atomic E-state index is -1.43. The molecular weight excluding hydrogens is 262 g/mol. The largest absolute Gasteiger partial charge is 0.330 e. The van der Waals surface area contributed by atoms with Crippen molar-refractivity contribution in [1.29, 1.82) is 0 Å². The van der Waals surface area contributed by atoms with Gasteiger partial charge in [-0.1, -0.05) is 76.2 Å². The van der Waals surface area contributed by atoms with Crippen LogP contribution < -0.4 is 5.73 Å². The third kappa shape index (κ3) is 3.47. The van der Waals surface area contributed by atoms with Crippen LogP contribution in [0.4, 0.5) is 0 Å². The van der Waals surface area contributed by atoms with Crippen molar-refractivity contribution in [1.82, 2.24) is 0 Å². The highest BCUT2D eigenvalue weighted by Gasteiger charge is 2.49. The van der Waals surface area contributed by atoms with Gasteiger partial charge in [0.15, 0.2) is 0 Å². The predicted molar refractivity (Wildman–Crippen MR) is 93.8 cm³/mol. The van der Waals surface area contributed by atoms with Gasteiger partial charge in [-0.2, -0.15) is 0 Å². The van der Waals surface area contributed by atoms with Crippen LogP contribution >= 0.6 is 0 Å². The highest BCUT2D eigenvalue weighted by Crippen LogP contribution is 2.32. The Kier molecular flexibility index (Phi) is 4.65. The SMILES string of the molecule is C=Cc1ccc(CC(N)([Si](C)(C)C)[Si](C)(C)C)cc1. The van der Waals surface area contributed by atoms with Crippen LogP contribution in [0.15, 0.2) is 30.8 Å². The molecule has 1 nitrogen and oxygen atoms in total. The summed E-state index contributed by atoms with van der Waals surface area (Å²) in [5, 5.41) is 0. The second kappa shape index (κ2) is 5.39. The third-order valence-electron chi connectivity index (χ3n) is 4.38. The topological polar surface area (TPSA) is 26.0 Å². The fourth-order valence-corrected chi connectivity index (χ4v) is 13.2. The predicted octanol–water partition coefficient (Wildman–Crippen LogP) is 4.32. The van der Waals surface area contributed by atoms with Crippen molar-refractivity contribution in [3.05, 3.63) is 42.0 Å². The Morgan fingerprint density at radius 1 is 1.00 bits per heavy atom. The Hall–Kier alpha value is -0.646. The Balaban J connectivity index is 3.12. The van der Waals surface area contributed by atoms with Gasteiger partial charge >= 0.3 is 0 Å². The summed E-state index contributed by atoms with van der Waals surface area (Å²) < 4.78 is 0. The van der Waals surface area contributed by atoms with Crippen LogP contribution in [0.1, 0.15) is 11.1 Å². The molecule has 0 atom stereocenters. The molecule has 0 bridgehead atoms. The first-order valence-electron chi connectivity index (χ1n) is 7.01. The van der Waals surface area contributed by atoms with Gasteiger partial charge in [-0.3, -0.25) is 0 Å². The van der Waals surface area contributed by atoms with E-state index >= 15 is 0 Å². The molecule has 0 heterocycles. The average molecular weight is 292 g/mol. The van der Waals surface area contributed by atoms with Crippen molar-refractivity contribution < 1.29 is 0 Å². The molecule has 0 aliphatic heterocycles. The van der Waals surface area contributed by atoms with E-state index in [9.17, 15) is 0 Å². The van der Waals surface area contributed by atoms with Crippen molar-refractivity contribution in [3.63, 3.8) is 0 Å². The van der Waals surface area contributed by atoms with Crippen LogP contribution in [0.25, 0.3) is 6.08 Å². The smallest absolute Gasteiger partial charge is 0.0638 e. The molecule has 19 heavy (non-hydrogen) atoms. The van der Waals surface area contributed by atoms with Gasteiger partial charge in [-0.05, 0) is 17.5 Å². The molecule has 0 fully saturated rings. The zero-order valence-corrected chi connectivity index (χ0v) is 15.4. The lowest BCUT2D eigenvalue weighted by Crippen LogP contribution is -2.73. The highest BCUT2D eigenvalue weighted by molar-refractivity contribution is 6.98. The first-order valence-corrected chi connectivity index (χ1v) is 14.0. The zero-order valence-electron chi connectivity index (χ0n) is 13.4. The molecule has 0 aliphatic carbocycles. The molecule has 3 heteroatoms. The lowest BCUT2D eigenvalue weighted by atomic mass is 10.1. The van der Waals surface area contributed by atoms with Gasteiger partial charge in [-0.15, -0.1) is 0 Å². The van der Waals surface area contributed by atoms with Gasteiger partial charge in [0, 0.05) is 4.79 Å². The highest BCUT2D eigenvalue weighted by atomic mass is 28.4. The molecule has 2 N–H and O–H groups in total. The summed E-state index contributed by atoms with van der Waals surface area (Å²) in [5.41, 5.74) is 9.49. The third-order valence-corrected chi connectivity index (χ3v) is 14.6. The van der Waals surface area contributed by atoms with Crippen LogP contribution in [-0.2, 0) is 6.42 Å². The van der Waals surface area contributed by atoms with E-state index in [1.54, 1.807) is 0 Å². The van der Waals surface area contributed by atoms with Gasteiger partial charge in [0.05, 0.1) is 16.1 Å². The van der Waals surface area contributed by atoms with Crippen molar-refractivity contribution in [2.45, 2.75) is 50.5 Å². The summed E-state index contributed by atoms with van der Waals surface area (Å²) in [6, 6.07) is 8.69. The molecule has 1 rings (SSSR count). The van der Waals surface area contributed by atoms with E-state index in [1.807, 2.05) is 6.08 Å². The molecule has 106 valence electrons. The molecule has 0 amide bonds. The fraction of sp³-hybridized carbons (Fsp3) is 0.500. The molecule has 0 aliphatic rings. The number of hydrogen-bond acceptors (Lipinski definition) is 1. The molecular formula is C16H29NSi2. The van der Waals surface area contributed by atoms with E-state index in [0.29, 0.717) is 0 Å². The van der Waals surface area contributed by atoms with Crippen LogP contribution in [0.3, 0.4) is 0 Å². The maximum Gasteiger partial charge on any atom is 0.0638 e. The molecule has 0 aromatic heterocycles. The lowest BCUT2D eigenvalue weighted by Gasteiger charge is -2.49. The van der Waals surface area contributed by atoms with E-state index in [1.165, 1.54) is 11.1 Å². The van der Waals surface area contributed by atoms with Crippen molar-refractivity contribution in [2.75, 3.05) is 0 Å². The van der Waals surface area contributed by atoms with Crippen molar-refractivity contribution in [2.24, 2.45) is 5.73 Å². The Morgan fingerprint density at radius 2 is 1.42 bits per heavy atom. The van der Waals surface area contributed by atoms with Gasteiger partial charge in [0.1, 0.15) is 0 Å². The zero-order chi connectivity index (χ0) is 14.9. The Morgan fingerprint density at radius 3 is 1.74 bits per heavy atom. The van der Waals surface area contributed by atoms with E-state index in [4.69, 9.17) is 5.73 Å². The standard InChI is InChI=1S/C16H29NSi2/c1-8-14-9-11-15(12-10-14)13-16(17,18(2,3)4)19(5,6)7/h8-12H,1,13,17H2,2-7H3. The summed E-state index contributed by atoms with van der Waals surface area (Å²) in [4.78, 5) is 0.0235. The maximum absolute atomic E-state index is 6.96. The minimum Gasteiger partial charge on any atom is -0.330 e. The minimum absolute atomic E-state index is 0.0235. The van der Waals surface area contributed by atoms with Crippen molar-refractivity contribution >= 4 is 22.2 Å². The lowest BCUT2D eigenvalue weighted by molar-refractivity contribution is 0.735. The monoisotopic (exact) mass is 291 g/mol. The first kappa shape index (κ1) is 16.4. The molecule has 0 unspecified atom stereocenters. The summed E-state index contributed by atoms with van der Waals surface area (Å²) in [6.07, 6.45) is 2.90. The molecule has 0 radical (unpaired) electrons. The maximum atomic E-state index is 6.96. The molecule has 1 aromatic carbocycles. The Bertz CT molecular complexity index is 421. The molecule has 0 saturated carbocycles. The summed E-state index contributed by atoms with van der Waals surface area (Å²) in [5.74, 6) is 0. The summed E-state index contributed by atoms with van der Waals surface area (Å²) in [6.45, 7) is 18.2. The van der Waals surface area contributed by atoms with Crippen LogP contribution in [0.2, 0.25) is 39.3 Å². The first-order chi connectivity index (χ1) is 8.51. The van der Waals surface area contributed by atoms with Gasteiger partial charge in [-0.25, -0.2) is 0 Å². The average Bonchev–Trinajstić information content (AvgIpc) is 2.27. The van der Waals surface area contributed by atoms with E-state index < -0.39 is 16.1 Å². The van der Waals surface area contributed by atoms with E-state index in [0.717, 1.165) is 6.42 Å². The number of hydrogen-bond donors (Lipinski definition) is 1. The molecule has 1 aromatic rings. The molecule has 0 spiro atoms. The Labute approximate surface area is 120 Å². The van der Waals surface area contributed by atoms with Gasteiger partial charge < -0.3 is 5.73 Å². The quantitative estimate of drug-likeness (QED) is 0.803. The van der Waals surface area contributed by atoms with Crippen LogP contribution in [0, 0.1) is 0 Å². The number of benzene rings is 1. The molecule has 0 saturated heterocycles. The van der Waals surface area contributed by atoms with Crippen molar-refractivity contribution in [3.8, 4) is 0 Å². The number of nitrogens with two attached hydrogens (primary N) is 1. The summed E-state index contributed by atoms with van der Waals surface area (Å²) >= 11 is 0. The van der Waals surface area contributed by atoms with Crippen LogP contribution in [-0.4, -0.2) is 20.9 Å².